The Labute approximate surface area is 195 Å². The van der Waals surface area contributed by atoms with Gasteiger partial charge in [-0.2, -0.15) is 0 Å². The van der Waals surface area contributed by atoms with Crippen LogP contribution < -0.4 is 0 Å². The minimum Gasteiger partial charge on any atom is -0.256 e. The highest BCUT2D eigenvalue weighted by atomic mass is 32.1. The summed E-state index contributed by atoms with van der Waals surface area (Å²) in [6.07, 6.45) is 1.93. The van der Waals surface area contributed by atoms with E-state index in [1.165, 1.54) is 41.6 Å². The molecule has 0 aliphatic rings. The molecule has 0 radical (unpaired) electrons. The van der Waals surface area contributed by atoms with Crippen LogP contribution in [0.4, 0.5) is 0 Å². The van der Waals surface area contributed by atoms with E-state index in [1.807, 2.05) is 6.20 Å². The number of nitrogens with zero attached hydrogens (tertiary/aromatic N) is 2. The van der Waals surface area contributed by atoms with Crippen molar-refractivity contribution in [2.45, 2.75) is 26.2 Å². The molecule has 0 spiro atoms. The van der Waals surface area contributed by atoms with Gasteiger partial charge in [-0.1, -0.05) is 45.0 Å². The van der Waals surface area contributed by atoms with Gasteiger partial charge >= 0.3 is 0 Å². The average molecular weight is 451 g/mol. The third kappa shape index (κ3) is 3.22. The molecule has 0 saturated heterocycles. The molecule has 4 aromatic heterocycles. The van der Waals surface area contributed by atoms with Gasteiger partial charge in [-0.15, -0.1) is 22.7 Å². The highest BCUT2D eigenvalue weighted by Gasteiger charge is 2.20. The normalized spacial score (nSPS) is 12.2. The fraction of sp³-hybridized carbons (Fsp3) is 0.143. The van der Waals surface area contributed by atoms with Crippen LogP contribution in [-0.2, 0) is 5.41 Å². The van der Waals surface area contributed by atoms with E-state index in [0.29, 0.717) is 0 Å². The number of rotatable bonds is 2. The molecule has 0 fully saturated rings. The minimum absolute atomic E-state index is 0.0448. The van der Waals surface area contributed by atoms with Gasteiger partial charge in [-0.05, 0) is 69.6 Å². The zero-order chi connectivity index (χ0) is 21.9. The zero-order valence-electron chi connectivity index (χ0n) is 18.2. The molecule has 2 aromatic carbocycles. The fourth-order valence-corrected chi connectivity index (χ4v) is 6.13. The Morgan fingerprint density at radius 1 is 0.812 bits per heavy atom. The lowest BCUT2D eigenvalue weighted by Crippen LogP contribution is -2.12. The first-order chi connectivity index (χ1) is 15.5. The van der Waals surface area contributed by atoms with Crippen molar-refractivity contribution in [3.8, 4) is 21.8 Å². The molecular formula is C28H22N2S2. The molecule has 0 atom stereocenters. The van der Waals surface area contributed by atoms with Crippen molar-refractivity contribution in [2.75, 3.05) is 0 Å². The van der Waals surface area contributed by atoms with Crippen LogP contribution in [0.25, 0.3) is 52.9 Å². The standard InChI is InChI=1S/C28H22N2S2/c1-28(2,3)21-15-18(14-17-6-4-5-7-19(17)21)27-20-16-26(32-24(20)10-12-29-27)22-8-9-25-23(30-22)11-13-31-25/h4-16H,1-3H3. The van der Waals surface area contributed by atoms with Crippen molar-refractivity contribution in [3.05, 3.63) is 83.9 Å². The quantitative estimate of drug-likeness (QED) is 0.264. The molecule has 6 rings (SSSR count). The molecule has 0 bridgehead atoms. The maximum Gasteiger partial charge on any atom is 0.0817 e. The molecular weight excluding hydrogens is 428 g/mol. The van der Waals surface area contributed by atoms with Gasteiger partial charge in [0.2, 0.25) is 0 Å². The maximum atomic E-state index is 4.89. The summed E-state index contributed by atoms with van der Waals surface area (Å²) in [5.74, 6) is 0. The summed E-state index contributed by atoms with van der Waals surface area (Å²) in [4.78, 5) is 10.9. The summed E-state index contributed by atoms with van der Waals surface area (Å²) < 4.78 is 2.46. The third-order valence-electron chi connectivity index (χ3n) is 5.95. The minimum atomic E-state index is 0.0448. The molecule has 0 aliphatic carbocycles. The lowest BCUT2D eigenvalue weighted by Gasteiger charge is -2.22. The van der Waals surface area contributed by atoms with Crippen molar-refractivity contribution in [2.24, 2.45) is 0 Å². The predicted octanol–water partition coefficient (Wildman–Crippen LogP) is 8.69. The van der Waals surface area contributed by atoms with Gasteiger partial charge in [0, 0.05) is 21.8 Å². The van der Waals surface area contributed by atoms with Crippen molar-refractivity contribution in [1.29, 1.82) is 0 Å². The van der Waals surface area contributed by atoms with Crippen molar-refractivity contribution < 1.29 is 0 Å². The van der Waals surface area contributed by atoms with E-state index in [0.717, 1.165) is 16.9 Å². The number of thiophene rings is 2. The number of benzene rings is 2. The average Bonchev–Trinajstić information content (AvgIpc) is 3.43. The van der Waals surface area contributed by atoms with Crippen molar-refractivity contribution in [1.82, 2.24) is 9.97 Å². The molecule has 32 heavy (non-hydrogen) atoms. The lowest BCUT2D eigenvalue weighted by atomic mass is 9.82. The monoisotopic (exact) mass is 450 g/mol. The molecule has 4 heteroatoms. The van der Waals surface area contributed by atoms with Gasteiger partial charge in [-0.3, -0.25) is 4.98 Å². The number of fused-ring (bicyclic) bond motifs is 3. The van der Waals surface area contributed by atoms with E-state index in [1.54, 1.807) is 22.7 Å². The van der Waals surface area contributed by atoms with Crippen LogP contribution in [0.5, 0.6) is 0 Å². The van der Waals surface area contributed by atoms with Gasteiger partial charge in [0.1, 0.15) is 0 Å². The van der Waals surface area contributed by atoms with Crippen LogP contribution in [-0.4, -0.2) is 9.97 Å². The largest absolute Gasteiger partial charge is 0.256 e. The van der Waals surface area contributed by atoms with E-state index in [4.69, 9.17) is 9.97 Å². The summed E-state index contributed by atoms with van der Waals surface area (Å²) in [7, 11) is 0. The van der Waals surface area contributed by atoms with E-state index >= 15 is 0 Å². The first kappa shape index (κ1) is 19.6. The highest BCUT2D eigenvalue weighted by molar-refractivity contribution is 7.22. The zero-order valence-corrected chi connectivity index (χ0v) is 19.8. The Bertz CT molecular complexity index is 1620. The first-order valence-electron chi connectivity index (χ1n) is 10.7. The van der Waals surface area contributed by atoms with E-state index < -0.39 is 0 Å². The molecule has 0 unspecified atom stereocenters. The Morgan fingerprint density at radius 2 is 1.69 bits per heavy atom. The van der Waals surface area contributed by atoms with Crippen LogP contribution in [0.2, 0.25) is 0 Å². The molecule has 2 nitrogen and oxygen atoms in total. The van der Waals surface area contributed by atoms with Crippen molar-refractivity contribution >= 4 is 53.7 Å². The van der Waals surface area contributed by atoms with Gasteiger partial charge in [0.25, 0.3) is 0 Å². The Kier molecular flexibility index (Phi) is 4.42. The van der Waals surface area contributed by atoms with Crippen LogP contribution >= 0.6 is 22.7 Å². The number of hydrogen-bond acceptors (Lipinski definition) is 4. The van der Waals surface area contributed by atoms with E-state index in [-0.39, 0.29) is 5.41 Å². The predicted molar refractivity (Wildman–Crippen MR) is 140 cm³/mol. The Hall–Kier alpha value is -3.08. The van der Waals surface area contributed by atoms with Gasteiger partial charge in [0.15, 0.2) is 0 Å². The summed E-state index contributed by atoms with van der Waals surface area (Å²) in [6.45, 7) is 6.84. The summed E-state index contributed by atoms with van der Waals surface area (Å²) in [5, 5.41) is 5.86. The molecule has 0 N–H and O–H groups in total. The smallest absolute Gasteiger partial charge is 0.0817 e. The second-order valence-corrected chi connectivity index (χ2v) is 11.2. The summed E-state index contributed by atoms with van der Waals surface area (Å²) in [6, 6.07) is 24.0. The Morgan fingerprint density at radius 3 is 2.56 bits per heavy atom. The molecule has 0 amide bonds. The molecule has 156 valence electrons. The molecule has 6 aromatic rings. The highest BCUT2D eigenvalue weighted by Crippen LogP contribution is 2.40. The van der Waals surface area contributed by atoms with Crippen LogP contribution in [0.1, 0.15) is 26.3 Å². The van der Waals surface area contributed by atoms with E-state index in [9.17, 15) is 0 Å². The van der Waals surface area contributed by atoms with Crippen LogP contribution in [0, 0.1) is 0 Å². The SMILES string of the molecule is CC(C)(C)c1cc(-c2nccc3sc(-c4ccc5sccc5n4)cc23)cc2ccccc12. The third-order valence-corrected chi connectivity index (χ3v) is 7.94. The van der Waals surface area contributed by atoms with E-state index in [2.05, 4.69) is 92.9 Å². The number of aromatic nitrogens is 2. The number of hydrogen-bond donors (Lipinski definition) is 0. The van der Waals surface area contributed by atoms with Crippen LogP contribution in [0.15, 0.2) is 78.3 Å². The summed E-state index contributed by atoms with van der Waals surface area (Å²) in [5.41, 5.74) is 5.69. The van der Waals surface area contributed by atoms with Gasteiger partial charge < -0.3 is 0 Å². The molecule has 4 heterocycles. The fourth-order valence-electron chi connectivity index (χ4n) is 4.38. The Balaban J connectivity index is 1.56. The lowest BCUT2D eigenvalue weighted by molar-refractivity contribution is 0.596. The van der Waals surface area contributed by atoms with Gasteiger partial charge in [0.05, 0.1) is 26.5 Å². The summed E-state index contributed by atoms with van der Waals surface area (Å²) >= 11 is 3.52. The second-order valence-electron chi connectivity index (χ2n) is 9.18. The van der Waals surface area contributed by atoms with Gasteiger partial charge in [-0.25, -0.2) is 4.98 Å². The molecule has 0 aliphatic heterocycles. The van der Waals surface area contributed by atoms with Crippen molar-refractivity contribution in [3.63, 3.8) is 0 Å². The molecule has 0 saturated carbocycles. The second kappa shape index (κ2) is 7.22. The van der Waals surface area contributed by atoms with Crippen LogP contribution in [0.3, 0.4) is 0 Å². The topological polar surface area (TPSA) is 25.8 Å². The first-order valence-corrected chi connectivity index (χ1v) is 12.4. The number of pyridine rings is 2. The maximum absolute atomic E-state index is 4.89.